The van der Waals surface area contributed by atoms with Crippen molar-refractivity contribution in [2.75, 3.05) is 13.2 Å². The second-order valence-electron chi connectivity index (χ2n) is 11.2. The van der Waals surface area contributed by atoms with Crippen LogP contribution >= 0.6 is 0 Å². The molecule has 0 aromatic heterocycles. The molecule has 2 rings (SSSR count). The molecule has 1 aromatic rings. The second kappa shape index (κ2) is 19.1. The molecule has 0 spiro atoms. The molecule has 0 saturated heterocycles. The predicted molar refractivity (Wildman–Crippen MR) is 159 cm³/mol. The number of aryl methyl sites for hydroxylation is 2. The minimum Gasteiger partial charge on any atom is -0.481 e. The Balaban J connectivity index is 2.34. The van der Waals surface area contributed by atoms with E-state index in [2.05, 4.69) is 49.5 Å². The zero-order valence-electron chi connectivity index (χ0n) is 24.3. The fourth-order valence-corrected chi connectivity index (χ4v) is 5.74. The van der Waals surface area contributed by atoms with Crippen molar-refractivity contribution < 1.29 is 25.2 Å². The number of unbranched alkanes of at least 4 members (excludes halogenated alkanes) is 2. The molecule has 0 saturated carbocycles. The lowest BCUT2D eigenvalue weighted by Crippen LogP contribution is -2.30. The number of carboxylic acid groups (broad SMARTS) is 1. The summed E-state index contributed by atoms with van der Waals surface area (Å²) in [6.45, 7) is 4.75. The third kappa shape index (κ3) is 13.3. The number of aliphatic hydroxyl groups is 3. The maximum Gasteiger partial charge on any atom is 0.303 e. The van der Waals surface area contributed by atoms with Gasteiger partial charge in [0.1, 0.15) is 0 Å². The summed E-state index contributed by atoms with van der Waals surface area (Å²) in [7, 11) is 0. The lowest BCUT2D eigenvalue weighted by atomic mass is 9.81. The first-order valence-corrected chi connectivity index (χ1v) is 15.2. The normalized spacial score (nSPS) is 19.1. The molecule has 1 aliphatic carbocycles. The molecule has 0 amide bonds. The monoisotopic (exact) mass is 543 g/mol. The van der Waals surface area contributed by atoms with Crippen molar-refractivity contribution in [1.82, 2.24) is 5.32 Å². The lowest BCUT2D eigenvalue weighted by Gasteiger charge is -2.26. The van der Waals surface area contributed by atoms with Crippen LogP contribution in [0.1, 0.15) is 102 Å². The SMILES string of the molecule is CCCCC[C@H](O)C=CC1=C(C[C@H](O)CO)C[C@H](CC[C@H](CCC(=O)O)NCC)CCc2ccccc2CC1. The van der Waals surface area contributed by atoms with Crippen LogP contribution in [0.3, 0.4) is 0 Å². The van der Waals surface area contributed by atoms with E-state index in [-0.39, 0.29) is 19.1 Å². The Bertz CT molecular complexity index is 896. The molecular weight excluding hydrogens is 490 g/mol. The zero-order chi connectivity index (χ0) is 28.5. The Hall–Kier alpha value is -1.99. The van der Waals surface area contributed by atoms with Crippen LogP contribution in [0.15, 0.2) is 47.6 Å². The molecule has 0 bridgehead atoms. The van der Waals surface area contributed by atoms with Gasteiger partial charge in [0.2, 0.25) is 0 Å². The highest BCUT2D eigenvalue weighted by Crippen LogP contribution is 2.32. The number of benzene rings is 1. The van der Waals surface area contributed by atoms with E-state index in [0.717, 1.165) is 82.7 Å². The van der Waals surface area contributed by atoms with Gasteiger partial charge in [-0.1, -0.05) is 75.1 Å². The molecular formula is C33H53NO5. The van der Waals surface area contributed by atoms with Gasteiger partial charge in [-0.2, -0.15) is 0 Å². The quantitative estimate of drug-likeness (QED) is 0.161. The van der Waals surface area contributed by atoms with Gasteiger partial charge in [-0.05, 0) is 93.4 Å². The maximum absolute atomic E-state index is 11.2. The Morgan fingerprint density at radius 3 is 2.46 bits per heavy atom. The molecule has 0 radical (unpaired) electrons. The average Bonchev–Trinajstić information content (AvgIpc) is 2.92. The van der Waals surface area contributed by atoms with E-state index in [1.165, 1.54) is 16.7 Å². The van der Waals surface area contributed by atoms with Crippen molar-refractivity contribution in [3.63, 3.8) is 0 Å². The minimum atomic E-state index is -0.807. The standard InChI is InChI=1S/C33H53NO5/c1-3-5-6-11-31(36)20-17-28-16-15-27-10-8-7-9-26(27)14-12-25(22-29(28)23-32(37)24-35)13-18-30(34-4-2)19-21-33(38)39/h7-10,17,20,25,30-32,34-37H,3-6,11-16,18-19,21-24H2,1-2H3,(H,38,39)/t25-,30+,31-,32-/m0/s1. The fourth-order valence-electron chi connectivity index (χ4n) is 5.74. The molecule has 1 aromatic carbocycles. The van der Waals surface area contributed by atoms with Gasteiger partial charge in [0.05, 0.1) is 18.8 Å². The molecule has 39 heavy (non-hydrogen) atoms. The summed E-state index contributed by atoms with van der Waals surface area (Å²) in [5.74, 6) is -0.384. The Kier molecular flexibility index (Phi) is 16.3. The molecule has 5 N–H and O–H groups in total. The maximum atomic E-state index is 11.2. The van der Waals surface area contributed by atoms with Gasteiger partial charge in [0, 0.05) is 12.5 Å². The number of rotatable bonds is 17. The largest absolute Gasteiger partial charge is 0.481 e. The molecule has 6 nitrogen and oxygen atoms in total. The Labute approximate surface area is 236 Å². The minimum absolute atomic E-state index is 0.166. The highest BCUT2D eigenvalue weighted by Gasteiger charge is 2.21. The number of aliphatic hydroxyl groups excluding tert-OH is 3. The molecule has 4 atom stereocenters. The smallest absolute Gasteiger partial charge is 0.303 e. The van der Waals surface area contributed by atoms with Crippen molar-refractivity contribution in [1.29, 1.82) is 0 Å². The summed E-state index contributed by atoms with van der Waals surface area (Å²) < 4.78 is 0. The third-order valence-corrected chi connectivity index (χ3v) is 8.03. The topological polar surface area (TPSA) is 110 Å². The van der Waals surface area contributed by atoms with Crippen LogP contribution in [0, 0.1) is 5.92 Å². The first-order chi connectivity index (χ1) is 18.9. The molecule has 220 valence electrons. The second-order valence-corrected chi connectivity index (χ2v) is 11.2. The first-order valence-electron chi connectivity index (χ1n) is 15.2. The van der Waals surface area contributed by atoms with Gasteiger partial charge in [-0.25, -0.2) is 0 Å². The van der Waals surface area contributed by atoms with E-state index in [9.17, 15) is 25.2 Å². The van der Waals surface area contributed by atoms with E-state index in [4.69, 9.17) is 0 Å². The number of aliphatic carboxylic acids is 1. The van der Waals surface area contributed by atoms with Crippen LogP contribution in [0.25, 0.3) is 0 Å². The summed E-state index contributed by atoms with van der Waals surface area (Å²) in [6.07, 6.45) is 14.4. The molecule has 1 aliphatic rings. The predicted octanol–water partition coefficient (Wildman–Crippen LogP) is 5.73. The molecule has 0 aliphatic heterocycles. The van der Waals surface area contributed by atoms with Gasteiger partial charge in [-0.3, -0.25) is 4.79 Å². The summed E-state index contributed by atoms with van der Waals surface area (Å²) >= 11 is 0. The Morgan fingerprint density at radius 2 is 1.79 bits per heavy atom. The average molecular weight is 544 g/mol. The zero-order valence-corrected chi connectivity index (χ0v) is 24.3. The van der Waals surface area contributed by atoms with Crippen molar-refractivity contribution in [2.24, 2.45) is 5.92 Å². The molecule has 0 unspecified atom stereocenters. The summed E-state index contributed by atoms with van der Waals surface area (Å²) in [5.41, 5.74) is 5.07. The number of hydrogen-bond donors (Lipinski definition) is 5. The number of fused-ring (bicyclic) bond motifs is 1. The van der Waals surface area contributed by atoms with Crippen LogP contribution in [0.2, 0.25) is 0 Å². The van der Waals surface area contributed by atoms with Crippen LogP contribution < -0.4 is 5.32 Å². The number of hydrogen-bond acceptors (Lipinski definition) is 5. The van der Waals surface area contributed by atoms with Crippen molar-refractivity contribution in [3.05, 3.63) is 58.7 Å². The molecule has 6 heteroatoms. The van der Waals surface area contributed by atoms with Crippen LogP contribution in [0.5, 0.6) is 0 Å². The van der Waals surface area contributed by atoms with E-state index in [1.54, 1.807) is 0 Å². The van der Waals surface area contributed by atoms with Gasteiger partial charge in [0.15, 0.2) is 0 Å². The highest BCUT2D eigenvalue weighted by molar-refractivity contribution is 5.66. The molecule has 0 heterocycles. The molecule has 0 fully saturated rings. The number of carboxylic acids is 1. The fraction of sp³-hybridized carbons (Fsp3) is 0.667. The van der Waals surface area contributed by atoms with Gasteiger partial charge in [0.25, 0.3) is 0 Å². The van der Waals surface area contributed by atoms with Crippen molar-refractivity contribution in [2.45, 2.75) is 122 Å². The van der Waals surface area contributed by atoms with Gasteiger partial charge in [-0.15, -0.1) is 0 Å². The Morgan fingerprint density at radius 1 is 1.05 bits per heavy atom. The van der Waals surface area contributed by atoms with E-state index >= 15 is 0 Å². The van der Waals surface area contributed by atoms with Gasteiger partial charge < -0.3 is 25.7 Å². The number of allylic oxidation sites excluding steroid dienone is 2. The lowest BCUT2D eigenvalue weighted by molar-refractivity contribution is -0.137. The van der Waals surface area contributed by atoms with E-state index < -0.39 is 18.2 Å². The number of carbonyl (C=O) groups is 1. The van der Waals surface area contributed by atoms with Crippen LogP contribution in [-0.4, -0.2) is 57.8 Å². The van der Waals surface area contributed by atoms with Gasteiger partial charge >= 0.3 is 5.97 Å². The summed E-state index contributed by atoms with van der Waals surface area (Å²) in [4.78, 5) is 11.2. The van der Waals surface area contributed by atoms with Crippen molar-refractivity contribution in [3.8, 4) is 0 Å². The third-order valence-electron chi connectivity index (χ3n) is 8.03. The van der Waals surface area contributed by atoms with Crippen LogP contribution in [0.4, 0.5) is 0 Å². The first kappa shape index (κ1) is 33.2. The number of nitrogens with one attached hydrogen (secondary N) is 1. The van der Waals surface area contributed by atoms with E-state index in [1.807, 2.05) is 6.08 Å². The van der Waals surface area contributed by atoms with Crippen molar-refractivity contribution >= 4 is 5.97 Å². The highest BCUT2D eigenvalue weighted by atomic mass is 16.4. The summed E-state index contributed by atoms with van der Waals surface area (Å²) in [5, 5.41) is 43.4. The summed E-state index contributed by atoms with van der Waals surface area (Å²) in [6, 6.07) is 8.82. The van der Waals surface area contributed by atoms with E-state index in [0.29, 0.717) is 18.8 Å². The van der Waals surface area contributed by atoms with Crippen LogP contribution in [-0.2, 0) is 17.6 Å².